The highest BCUT2D eigenvalue weighted by atomic mass is 35.5. The number of amides is 1. The van der Waals surface area contributed by atoms with Crippen LogP contribution in [0.25, 0.3) is 10.9 Å². The molecular formula is C22H19ClN2O3. The molecule has 0 fully saturated rings. The number of hydrogen-bond donors (Lipinski definition) is 1. The van der Waals surface area contributed by atoms with E-state index in [1.54, 1.807) is 18.2 Å². The lowest BCUT2D eigenvalue weighted by Gasteiger charge is -2.13. The van der Waals surface area contributed by atoms with Gasteiger partial charge < -0.3 is 10.1 Å². The number of nitrogens with one attached hydrogen (secondary N) is 1. The fourth-order valence-electron chi connectivity index (χ4n) is 3.58. The van der Waals surface area contributed by atoms with Gasteiger partial charge in [-0.05, 0) is 55.5 Å². The van der Waals surface area contributed by atoms with Gasteiger partial charge in [0.05, 0.1) is 11.1 Å². The maximum atomic E-state index is 12.8. The number of carbonyl (C=O) groups is 2. The van der Waals surface area contributed by atoms with Crippen molar-refractivity contribution in [1.29, 1.82) is 0 Å². The summed E-state index contributed by atoms with van der Waals surface area (Å²) in [6.07, 6.45) is 2.62. The molecule has 1 N–H and O–H groups in total. The number of esters is 1. The van der Waals surface area contributed by atoms with Crippen molar-refractivity contribution in [2.45, 2.75) is 26.2 Å². The number of pyridine rings is 1. The number of para-hydroxylation sites is 1. The molecule has 4 rings (SSSR count). The van der Waals surface area contributed by atoms with Gasteiger partial charge in [0.25, 0.3) is 5.91 Å². The largest absolute Gasteiger partial charge is 0.452 e. The molecule has 5 nitrogen and oxygen atoms in total. The van der Waals surface area contributed by atoms with Crippen molar-refractivity contribution in [2.24, 2.45) is 0 Å². The number of benzene rings is 2. The van der Waals surface area contributed by atoms with Crippen LogP contribution < -0.4 is 5.32 Å². The predicted molar refractivity (Wildman–Crippen MR) is 109 cm³/mol. The van der Waals surface area contributed by atoms with Gasteiger partial charge in [0, 0.05) is 21.8 Å². The molecular weight excluding hydrogens is 376 g/mol. The number of aryl methyl sites for hydroxylation is 1. The molecule has 1 aliphatic rings. The maximum absolute atomic E-state index is 12.8. The molecule has 1 aromatic heterocycles. The Morgan fingerprint density at radius 2 is 1.96 bits per heavy atom. The van der Waals surface area contributed by atoms with Crippen molar-refractivity contribution in [3.8, 4) is 0 Å². The third-order valence-electron chi connectivity index (χ3n) is 5.00. The summed E-state index contributed by atoms with van der Waals surface area (Å²) in [5.74, 6) is -0.900. The van der Waals surface area contributed by atoms with E-state index in [0.29, 0.717) is 16.3 Å². The lowest BCUT2D eigenvalue weighted by atomic mass is 10.0. The first-order valence-corrected chi connectivity index (χ1v) is 9.55. The molecule has 0 spiro atoms. The van der Waals surface area contributed by atoms with E-state index in [9.17, 15) is 9.59 Å². The second kappa shape index (κ2) is 7.60. The van der Waals surface area contributed by atoms with Gasteiger partial charge in [-0.25, -0.2) is 4.79 Å². The second-order valence-electron chi connectivity index (χ2n) is 6.82. The number of rotatable bonds is 4. The Morgan fingerprint density at radius 1 is 1.14 bits per heavy atom. The average molecular weight is 395 g/mol. The van der Waals surface area contributed by atoms with Crippen LogP contribution in [0, 0.1) is 6.92 Å². The zero-order valence-corrected chi connectivity index (χ0v) is 16.2. The Bertz CT molecular complexity index is 1090. The highest BCUT2D eigenvalue weighted by Gasteiger charge is 2.25. The van der Waals surface area contributed by atoms with Gasteiger partial charge in [0.1, 0.15) is 0 Å². The fraction of sp³-hybridized carbons (Fsp3) is 0.227. The van der Waals surface area contributed by atoms with Crippen LogP contribution in [0.2, 0.25) is 5.02 Å². The van der Waals surface area contributed by atoms with E-state index in [1.165, 1.54) is 0 Å². The number of halogens is 1. The molecule has 28 heavy (non-hydrogen) atoms. The summed E-state index contributed by atoms with van der Waals surface area (Å²) >= 11 is 6.07. The van der Waals surface area contributed by atoms with Gasteiger partial charge in [0.15, 0.2) is 6.61 Å². The lowest BCUT2D eigenvalue weighted by Crippen LogP contribution is -2.22. The molecule has 1 aliphatic carbocycles. The summed E-state index contributed by atoms with van der Waals surface area (Å²) in [5.41, 5.74) is 4.56. The van der Waals surface area contributed by atoms with Gasteiger partial charge >= 0.3 is 5.97 Å². The number of fused-ring (bicyclic) bond motifs is 2. The molecule has 3 aromatic rings. The van der Waals surface area contributed by atoms with E-state index < -0.39 is 11.9 Å². The van der Waals surface area contributed by atoms with Crippen LogP contribution >= 0.6 is 11.6 Å². The van der Waals surface area contributed by atoms with Crippen LogP contribution in [-0.2, 0) is 22.4 Å². The molecule has 6 heteroatoms. The minimum Gasteiger partial charge on any atom is -0.452 e. The number of aromatic nitrogens is 1. The summed E-state index contributed by atoms with van der Waals surface area (Å²) in [5, 5.41) is 4.06. The van der Waals surface area contributed by atoms with E-state index in [1.807, 2.05) is 31.2 Å². The van der Waals surface area contributed by atoms with Crippen LogP contribution in [0.15, 0.2) is 42.5 Å². The molecule has 1 amide bonds. The van der Waals surface area contributed by atoms with E-state index in [-0.39, 0.29) is 6.61 Å². The Hall–Kier alpha value is -2.92. The van der Waals surface area contributed by atoms with Crippen LogP contribution in [0.4, 0.5) is 5.69 Å². The first-order valence-electron chi connectivity index (χ1n) is 9.17. The molecule has 0 atom stereocenters. The molecule has 0 saturated heterocycles. The predicted octanol–water partition coefficient (Wildman–Crippen LogP) is 4.48. The van der Waals surface area contributed by atoms with E-state index >= 15 is 0 Å². The molecule has 1 heterocycles. The molecule has 0 radical (unpaired) electrons. The van der Waals surface area contributed by atoms with Crippen LogP contribution in [0.5, 0.6) is 0 Å². The topological polar surface area (TPSA) is 68.3 Å². The van der Waals surface area contributed by atoms with Crippen LogP contribution in [-0.4, -0.2) is 23.5 Å². The van der Waals surface area contributed by atoms with Crippen LogP contribution in [0.1, 0.15) is 33.6 Å². The average Bonchev–Trinajstić information content (AvgIpc) is 3.15. The first kappa shape index (κ1) is 18.4. The van der Waals surface area contributed by atoms with Crippen molar-refractivity contribution in [2.75, 3.05) is 11.9 Å². The van der Waals surface area contributed by atoms with Gasteiger partial charge in [-0.2, -0.15) is 0 Å². The highest BCUT2D eigenvalue weighted by Crippen LogP contribution is 2.30. The van der Waals surface area contributed by atoms with Gasteiger partial charge in [-0.15, -0.1) is 0 Å². The lowest BCUT2D eigenvalue weighted by molar-refractivity contribution is -0.119. The summed E-state index contributed by atoms with van der Waals surface area (Å²) < 4.78 is 5.35. The molecule has 0 aliphatic heterocycles. The SMILES string of the molecule is Cc1c(Cl)cccc1NC(=O)COC(=O)c1c2c(nc3ccccc13)CCC2. The Morgan fingerprint density at radius 3 is 2.82 bits per heavy atom. The zero-order valence-electron chi connectivity index (χ0n) is 15.4. The van der Waals surface area contributed by atoms with E-state index in [2.05, 4.69) is 10.3 Å². The standard InChI is InChI=1S/C22H19ClN2O3/c1-13-16(23)8-5-10-17(13)25-20(26)12-28-22(27)21-14-6-2-3-9-18(14)24-19-11-4-7-15(19)21/h2-3,5-6,8-10H,4,7,11-12H2,1H3,(H,25,26). The molecule has 0 unspecified atom stereocenters. The Labute approximate surface area is 167 Å². The van der Waals surface area contributed by atoms with Crippen molar-refractivity contribution in [3.05, 3.63) is 69.9 Å². The maximum Gasteiger partial charge on any atom is 0.339 e. The van der Waals surface area contributed by atoms with Crippen molar-refractivity contribution >= 4 is 40.1 Å². The molecule has 0 saturated carbocycles. The normalized spacial score (nSPS) is 12.6. The number of anilines is 1. The third kappa shape index (κ3) is 3.45. The van der Waals surface area contributed by atoms with Crippen molar-refractivity contribution in [1.82, 2.24) is 4.98 Å². The number of carbonyl (C=O) groups excluding carboxylic acids is 2. The minimum absolute atomic E-state index is 0.365. The molecule has 142 valence electrons. The molecule has 2 aromatic carbocycles. The summed E-state index contributed by atoms with van der Waals surface area (Å²) in [6.45, 7) is 1.45. The van der Waals surface area contributed by atoms with Gasteiger partial charge in [-0.1, -0.05) is 35.9 Å². The summed E-state index contributed by atoms with van der Waals surface area (Å²) in [7, 11) is 0. The number of nitrogens with zero attached hydrogens (tertiary/aromatic N) is 1. The number of hydrogen-bond acceptors (Lipinski definition) is 4. The summed E-state index contributed by atoms with van der Waals surface area (Å²) in [6, 6.07) is 12.8. The summed E-state index contributed by atoms with van der Waals surface area (Å²) in [4.78, 5) is 29.8. The third-order valence-corrected chi connectivity index (χ3v) is 5.41. The number of ether oxygens (including phenoxy) is 1. The quantitative estimate of drug-likeness (QED) is 0.662. The van der Waals surface area contributed by atoms with Gasteiger partial charge in [-0.3, -0.25) is 9.78 Å². The van der Waals surface area contributed by atoms with E-state index in [0.717, 1.165) is 47.0 Å². The fourth-order valence-corrected chi connectivity index (χ4v) is 3.75. The van der Waals surface area contributed by atoms with Gasteiger partial charge in [0.2, 0.25) is 0 Å². The van der Waals surface area contributed by atoms with E-state index in [4.69, 9.17) is 16.3 Å². The minimum atomic E-state index is -0.491. The Kier molecular flexibility index (Phi) is 5.01. The van der Waals surface area contributed by atoms with Crippen molar-refractivity contribution in [3.63, 3.8) is 0 Å². The van der Waals surface area contributed by atoms with Crippen molar-refractivity contribution < 1.29 is 14.3 Å². The smallest absolute Gasteiger partial charge is 0.339 e. The van der Waals surface area contributed by atoms with Crippen LogP contribution in [0.3, 0.4) is 0 Å². The highest BCUT2D eigenvalue weighted by molar-refractivity contribution is 6.31. The Balaban J connectivity index is 1.53. The molecule has 0 bridgehead atoms. The monoisotopic (exact) mass is 394 g/mol. The first-order chi connectivity index (χ1) is 13.5. The zero-order chi connectivity index (χ0) is 19.7. The second-order valence-corrected chi connectivity index (χ2v) is 7.23.